The van der Waals surface area contributed by atoms with Crippen LogP contribution >= 0.6 is 0 Å². The van der Waals surface area contributed by atoms with E-state index in [4.69, 9.17) is 4.74 Å². The Morgan fingerprint density at radius 2 is 1.59 bits per heavy atom. The van der Waals surface area contributed by atoms with Crippen molar-refractivity contribution in [3.63, 3.8) is 0 Å². The Labute approximate surface area is 159 Å². The van der Waals surface area contributed by atoms with Crippen LogP contribution in [0.4, 0.5) is 4.79 Å². The van der Waals surface area contributed by atoms with Crippen molar-refractivity contribution in [3.05, 3.63) is 71.8 Å². The van der Waals surface area contributed by atoms with Gasteiger partial charge in [0.25, 0.3) is 5.91 Å². The molecule has 1 aliphatic heterocycles. The van der Waals surface area contributed by atoms with Gasteiger partial charge < -0.3 is 4.74 Å². The third-order valence-corrected chi connectivity index (χ3v) is 4.26. The van der Waals surface area contributed by atoms with E-state index in [2.05, 4.69) is 5.10 Å². The molecule has 0 N–H and O–H groups in total. The van der Waals surface area contributed by atoms with Gasteiger partial charge in [0.15, 0.2) is 0 Å². The monoisotopic (exact) mass is 364 g/mol. The fourth-order valence-corrected chi connectivity index (χ4v) is 3.03. The van der Waals surface area contributed by atoms with E-state index in [1.54, 1.807) is 20.8 Å². The number of rotatable bonds is 2. The summed E-state index contributed by atoms with van der Waals surface area (Å²) in [5.41, 5.74) is 1.94. The second-order valence-corrected chi connectivity index (χ2v) is 7.61. The van der Waals surface area contributed by atoms with Gasteiger partial charge in [-0.2, -0.15) is 5.10 Å². The summed E-state index contributed by atoms with van der Waals surface area (Å²) in [6.45, 7) is 5.30. The highest BCUT2D eigenvalue weighted by atomic mass is 16.6. The van der Waals surface area contributed by atoms with Gasteiger partial charge in [-0.05, 0) is 44.2 Å². The molecule has 0 spiro atoms. The largest absolute Gasteiger partial charge is 0.442 e. The molecule has 3 rings (SSSR count). The minimum Gasteiger partial charge on any atom is -0.442 e. The highest BCUT2D eigenvalue weighted by Gasteiger charge is 2.33. The van der Waals surface area contributed by atoms with Crippen molar-refractivity contribution in [1.82, 2.24) is 5.01 Å². The van der Waals surface area contributed by atoms with Gasteiger partial charge in [0, 0.05) is 6.42 Å². The highest BCUT2D eigenvalue weighted by molar-refractivity contribution is 6.04. The van der Waals surface area contributed by atoms with Crippen LogP contribution in [0.5, 0.6) is 0 Å². The number of carbonyl (C=O) groups excluding carboxylic acids is 2. The van der Waals surface area contributed by atoms with Crippen LogP contribution in [-0.2, 0) is 9.53 Å². The van der Waals surface area contributed by atoms with Crippen molar-refractivity contribution in [1.29, 1.82) is 0 Å². The molecule has 1 aliphatic rings. The molecular weight excluding hydrogens is 340 g/mol. The molecule has 0 aliphatic carbocycles. The van der Waals surface area contributed by atoms with E-state index < -0.39 is 11.7 Å². The summed E-state index contributed by atoms with van der Waals surface area (Å²) < 4.78 is 5.39. The first-order valence-corrected chi connectivity index (χ1v) is 9.07. The average molecular weight is 364 g/mol. The lowest BCUT2D eigenvalue weighted by molar-refractivity contribution is -0.130. The molecule has 0 radical (unpaired) electrons. The van der Waals surface area contributed by atoms with Crippen LogP contribution in [0, 0.1) is 0 Å². The Morgan fingerprint density at radius 1 is 1.00 bits per heavy atom. The molecule has 0 aromatic heterocycles. The Bertz CT molecular complexity index is 839. The SMILES string of the molecule is CC(C)(C)OC(=O)N1N=C(c2ccccc2)C[C@H](c2ccccc2)CC1=O. The minimum absolute atomic E-state index is 0.0508. The van der Waals surface area contributed by atoms with E-state index in [1.807, 2.05) is 60.7 Å². The second-order valence-electron chi connectivity index (χ2n) is 7.61. The van der Waals surface area contributed by atoms with Crippen LogP contribution in [-0.4, -0.2) is 28.3 Å². The van der Waals surface area contributed by atoms with E-state index >= 15 is 0 Å². The Balaban J connectivity index is 1.98. The molecule has 0 saturated heterocycles. The quantitative estimate of drug-likeness (QED) is 0.774. The normalized spacial score (nSPS) is 17.9. The molecule has 5 nitrogen and oxygen atoms in total. The van der Waals surface area contributed by atoms with Crippen molar-refractivity contribution in [3.8, 4) is 0 Å². The van der Waals surface area contributed by atoms with E-state index in [-0.39, 0.29) is 18.2 Å². The first-order chi connectivity index (χ1) is 12.8. The molecular formula is C22H24N2O3. The topological polar surface area (TPSA) is 59.0 Å². The smallest absolute Gasteiger partial charge is 0.438 e. The zero-order valence-corrected chi connectivity index (χ0v) is 15.9. The standard InChI is InChI=1S/C22H24N2O3/c1-22(2,3)27-21(26)24-20(25)15-18(16-10-6-4-7-11-16)14-19(23-24)17-12-8-5-9-13-17/h4-13,18H,14-15H2,1-3H3/t18-/m0/s1. The van der Waals surface area contributed by atoms with Crippen molar-refractivity contribution >= 4 is 17.7 Å². The fourth-order valence-electron chi connectivity index (χ4n) is 3.03. The Hall–Kier alpha value is -2.95. The molecule has 5 heteroatoms. The lowest BCUT2D eigenvalue weighted by Gasteiger charge is -2.23. The molecule has 0 bridgehead atoms. The molecule has 2 aromatic carbocycles. The molecule has 0 fully saturated rings. The first kappa shape index (κ1) is 18.8. The van der Waals surface area contributed by atoms with Crippen LogP contribution in [0.15, 0.2) is 65.8 Å². The maximum Gasteiger partial charge on any atom is 0.438 e. The van der Waals surface area contributed by atoms with Gasteiger partial charge in [-0.3, -0.25) is 4.79 Å². The van der Waals surface area contributed by atoms with Crippen molar-refractivity contribution in [2.24, 2.45) is 5.10 Å². The number of nitrogens with zero attached hydrogens (tertiary/aromatic N) is 2. The van der Waals surface area contributed by atoms with Gasteiger partial charge >= 0.3 is 6.09 Å². The van der Waals surface area contributed by atoms with E-state index in [0.717, 1.165) is 16.1 Å². The zero-order valence-electron chi connectivity index (χ0n) is 15.9. The van der Waals surface area contributed by atoms with Gasteiger partial charge in [0.1, 0.15) is 5.60 Å². The summed E-state index contributed by atoms with van der Waals surface area (Å²) in [6.07, 6.45) is 0.0250. The van der Waals surface area contributed by atoms with E-state index in [0.29, 0.717) is 12.1 Å². The maximum absolute atomic E-state index is 12.8. The van der Waals surface area contributed by atoms with Crippen LogP contribution in [0.3, 0.4) is 0 Å². The van der Waals surface area contributed by atoms with Crippen molar-refractivity contribution in [2.45, 2.75) is 45.1 Å². The zero-order chi connectivity index (χ0) is 19.4. The molecule has 2 aromatic rings. The number of hydrogen-bond donors (Lipinski definition) is 0. The molecule has 27 heavy (non-hydrogen) atoms. The number of hydrazone groups is 1. The molecule has 0 saturated carbocycles. The molecule has 1 heterocycles. The molecule has 2 amide bonds. The highest BCUT2D eigenvalue weighted by Crippen LogP contribution is 2.30. The molecule has 0 unspecified atom stereocenters. The fraction of sp³-hybridized carbons (Fsp3) is 0.318. The van der Waals surface area contributed by atoms with Crippen LogP contribution in [0.1, 0.15) is 50.7 Å². The van der Waals surface area contributed by atoms with E-state index in [9.17, 15) is 9.59 Å². The Morgan fingerprint density at radius 3 is 2.19 bits per heavy atom. The van der Waals surface area contributed by atoms with Crippen molar-refractivity contribution < 1.29 is 14.3 Å². The number of hydrogen-bond acceptors (Lipinski definition) is 4. The third kappa shape index (κ3) is 4.82. The van der Waals surface area contributed by atoms with Gasteiger partial charge in [-0.1, -0.05) is 60.7 Å². The van der Waals surface area contributed by atoms with Crippen molar-refractivity contribution in [2.75, 3.05) is 0 Å². The summed E-state index contributed by atoms with van der Waals surface area (Å²) in [6, 6.07) is 19.5. The lowest BCUT2D eigenvalue weighted by Crippen LogP contribution is -2.37. The average Bonchev–Trinajstić information content (AvgIpc) is 2.81. The summed E-state index contributed by atoms with van der Waals surface area (Å²) in [5, 5.41) is 5.30. The second kappa shape index (κ2) is 7.74. The van der Waals surface area contributed by atoms with Gasteiger partial charge in [0.05, 0.1) is 5.71 Å². The van der Waals surface area contributed by atoms with Gasteiger partial charge in [-0.25, -0.2) is 4.79 Å². The molecule has 140 valence electrons. The van der Waals surface area contributed by atoms with Crippen LogP contribution in [0.2, 0.25) is 0 Å². The first-order valence-electron chi connectivity index (χ1n) is 9.07. The summed E-state index contributed by atoms with van der Waals surface area (Å²) in [4.78, 5) is 25.4. The summed E-state index contributed by atoms with van der Waals surface area (Å²) in [7, 11) is 0. The number of benzene rings is 2. The summed E-state index contributed by atoms with van der Waals surface area (Å²) in [5.74, 6) is -0.408. The van der Waals surface area contributed by atoms with E-state index in [1.165, 1.54) is 0 Å². The van der Waals surface area contributed by atoms with Gasteiger partial charge in [0.2, 0.25) is 0 Å². The maximum atomic E-state index is 12.8. The number of ether oxygens (including phenoxy) is 1. The third-order valence-electron chi connectivity index (χ3n) is 4.26. The summed E-state index contributed by atoms with van der Waals surface area (Å²) >= 11 is 0. The predicted molar refractivity (Wildman–Crippen MR) is 104 cm³/mol. The number of carbonyl (C=O) groups is 2. The van der Waals surface area contributed by atoms with Gasteiger partial charge in [-0.15, -0.1) is 5.01 Å². The van der Waals surface area contributed by atoms with Crippen LogP contribution < -0.4 is 0 Å². The lowest BCUT2D eigenvalue weighted by atomic mass is 9.89. The number of amides is 2. The number of imide groups is 1. The Kier molecular flexibility index (Phi) is 5.40. The molecule has 1 atom stereocenters. The minimum atomic E-state index is -0.741. The van der Waals surface area contributed by atoms with Crippen LogP contribution in [0.25, 0.3) is 0 Å². The predicted octanol–water partition coefficient (Wildman–Crippen LogP) is 4.73.